The number of carbonyl (C=O) groups is 2. The lowest BCUT2D eigenvalue weighted by atomic mass is 10.2. The maximum absolute atomic E-state index is 11.3. The van der Waals surface area contributed by atoms with Gasteiger partial charge in [-0.25, -0.2) is 0 Å². The SMILES string of the molecule is COCCC(C)NC(=O)C(N)CC(=O)O. The van der Waals surface area contributed by atoms with Crippen LogP contribution in [0, 0.1) is 0 Å². The fraction of sp³-hybridized carbons (Fsp3) is 0.778. The molecule has 0 aliphatic heterocycles. The maximum atomic E-state index is 11.3. The van der Waals surface area contributed by atoms with E-state index in [1.165, 1.54) is 0 Å². The molecule has 0 aliphatic rings. The minimum atomic E-state index is -1.08. The number of rotatable bonds is 7. The summed E-state index contributed by atoms with van der Waals surface area (Å²) in [6.45, 7) is 2.35. The van der Waals surface area contributed by atoms with Crippen molar-refractivity contribution in [3.05, 3.63) is 0 Å². The predicted molar refractivity (Wildman–Crippen MR) is 54.3 cm³/mol. The molecule has 0 radical (unpaired) electrons. The van der Waals surface area contributed by atoms with Crippen LogP contribution in [-0.2, 0) is 14.3 Å². The second kappa shape index (κ2) is 7.19. The zero-order chi connectivity index (χ0) is 11.8. The van der Waals surface area contributed by atoms with Crippen molar-refractivity contribution in [3.63, 3.8) is 0 Å². The zero-order valence-electron chi connectivity index (χ0n) is 9.03. The number of methoxy groups -OCH3 is 1. The van der Waals surface area contributed by atoms with Crippen molar-refractivity contribution in [2.24, 2.45) is 5.73 Å². The molecule has 0 rings (SSSR count). The molecule has 0 aromatic rings. The first-order valence-corrected chi connectivity index (χ1v) is 4.74. The Hall–Kier alpha value is -1.14. The summed E-state index contributed by atoms with van der Waals surface area (Å²) in [6.07, 6.45) is 0.310. The van der Waals surface area contributed by atoms with Gasteiger partial charge < -0.3 is 20.9 Å². The van der Waals surface area contributed by atoms with Crippen molar-refractivity contribution in [2.75, 3.05) is 13.7 Å². The lowest BCUT2D eigenvalue weighted by Crippen LogP contribution is -2.45. The quantitative estimate of drug-likeness (QED) is 0.526. The van der Waals surface area contributed by atoms with Gasteiger partial charge in [0, 0.05) is 19.8 Å². The molecule has 4 N–H and O–H groups in total. The van der Waals surface area contributed by atoms with Gasteiger partial charge in [0.15, 0.2) is 0 Å². The smallest absolute Gasteiger partial charge is 0.305 e. The topological polar surface area (TPSA) is 102 Å². The van der Waals surface area contributed by atoms with Crippen LogP contribution >= 0.6 is 0 Å². The monoisotopic (exact) mass is 218 g/mol. The van der Waals surface area contributed by atoms with Gasteiger partial charge >= 0.3 is 5.97 Å². The lowest BCUT2D eigenvalue weighted by molar-refractivity contribution is -0.139. The average Bonchev–Trinajstić information content (AvgIpc) is 2.13. The first-order valence-electron chi connectivity index (χ1n) is 4.74. The van der Waals surface area contributed by atoms with Crippen LogP contribution in [-0.4, -0.2) is 42.8 Å². The van der Waals surface area contributed by atoms with Gasteiger partial charge in [0.2, 0.25) is 5.91 Å². The van der Waals surface area contributed by atoms with E-state index in [-0.39, 0.29) is 12.5 Å². The minimum absolute atomic E-state index is 0.0719. The van der Waals surface area contributed by atoms with Gasteiger partial charge in [-0.1, -0.05) is 0 Å². The number of carboxylic acid groups (broad SMARTS) is 1. The Balaban J connectivity index is 3.85. The van der Waals surface area contributed by atoms with Crippen LogP contribution in [0.5, 0.6) is 0 Å². The summed E-state index contributed by atoms with van der Waals surface area (Å²) in [4.78, 5) is 21.6. The zero-order valence-corrected chi connectivity index (χ0v) is 9.03. The van der Waals surface area contributed by atoms with Gasteiger partial charge in [-0.05, 0) is 13.3 Å². The van der Waals surface area contributed by atoms with Crippen LogP contribution in [0.1, 0.15) is 19.8 Å². The van der Waals surface area contributed by atoms with E-state index in [1.54, 1.807) is 7.11 Å². The molecule has 0 heterocycles. The van der Waals surface area contributed by atoms with Crippen molar-refractivity contribution in [3.8, 4) is 0 Å². The van der Waals surface area contributed by atoms with Crippen molar-refractivity contribution in [2.45, 2.75) is 31.8 Å². The maximum Gasteiger partial charge on any atom is 0.305 e. The molecule has 2 atom stereocenters. The van der Waals surface area contributed by atoms with E-state index in [0.717, 1.165) is 0 Å². The predicted octanol–water partition coefficient (Wildman–Crippen LogP) is -0.670. The first-order chi connectivity index (χ1) is 6.97. The highest BCUT2D eigenvalue weighted by Gasteiger charge is 2.18. The van der Waals surface area contributed by atoms with E-state index < -0.39 is 17.9 Å². The first kappa shape index (κ1) is 13.9. The third-order valence-corrected chi connectivity index (χ3v) is 1.87. The Bertz CT molecular complexity index is 220. The largest absolute Gasteiger partial charge is 0.481 e. The van der Waals surface area contributed by atoms with Crippen LogP contribution < -0.4 is 11.1 Å². The molecule has 0 aromatic carbocycles. The molecule has 88 valence electrons. The Labute approximate surface area is 88.8 Å². The second-order valence-electron chi connectivity index (χ2n) is 3.40. The van der Waals surface area contributed by atoms with E-state index in [9.17, 15) is 9.59 Å². The molecule has 0 bridgehead atoms. The molecule has 0 aliphatic carbocycles. The van der Waals surface area contributed by atoms with Crippen molar-refractivity contribution >= 4 is 11.9 Å². The average molecular weight is 218 g/mol. The highest BCUT2D eigenvalue weighted by molar-refractivity contribution is 5.86. The van der Waals surface area contributed by atoms with Gasteiger partial charge in [-0.15, -0.1) is 0 Å². The molecular weight excluding hydrogens is 200 g/mol. The number of carboxylic acids is 1. The van der Waals surface area contributed by atoms with Gasteiger partial charge in [0.1, 0.15) is 0 Å². The Morgan fingerprint density at radius 1 is 1.53 bits per heavy atom. The molecule has 0 saturated heterocycles. The minimum Gasteiger partial charge on any atom is -0.481 e. The van der Waals surface area contributed by atoms with E-state index in [4.69, 9.17) is 15.6 Å². The molecule has 2 unspecified atom stereocenters. The van der Waals surface area contributed by atoms with Gasteiger partial charge in [-0.3, -0.25) is 9.59 Å². The highest BCUT2D eigenvalue weighted by atomic mass is 16.5. The van der Waals surface area contributed by atoms with Crippen LogP contribution in [0.2, 0.25) is 0 Å². The van der Waals surface area contributed by atoms with Crippen LogP contribution in [0.4, 0.5) is 0 Å². The van der Waals surface area contributed by atoms with E-state index in [2.05, 4.69) is 5.32 Å². The highest BCUT2D eigenvalue weighted by Crippen LogP contribution is 1.94. The lowest BCUT2D eigenvalue weighted by Gasteiger charge is -2.16. The molecule has 1 amide bonds. The van der Waals surface area contributed by atoms with E-state index in [0.29, 0.717) is 13.0 Å². The summed E-state index contributed by atoms with van der Waals surface area (Å²) in [7, 11) is 1.57. The van der Waals surface area contributed by atoms with Gasteiger partial charge in [0.05, 0.1) is 12.5 Å². The number of hydrogen-bond donors (Lipinski definition) is 3. The fourth-order valence-electron chi connectivity index (χ4n) is 0.998. The Morgan fingerprint density at radius 2 is 2.13 bits per heavy atom. The number of nitrogens with one attached hydrogen (secondary N) is 1. The summed E-state index contributed by atoms with van der Waals surface area (Å²) in [6, 6.07) is -1.07. The normalized spacial score (nSPS) is 14.3. The van der Waals surface area contributed by atoms with Crippen LogP contribution in [0.25, 0.3) is 0 Å². The van der Waals surface area contributed by atoms with E-state index >= 15 is 0 Å². The standard InChI is InChI=1S/C9H18N2O4/c1-6(3-4-15-2)11-9(14)7(10)5-8(12)13/h6-7H,3-5,10H2,1-2H3,(H,11,14)(H,12,13). The summed E-state index contributed by atoms with van der Waals surface area (Å²) in [5, 5.41) is 11.0. The molecule has 0 spiro atoms. The van der Waals surface area contributed by atoms with E-state index in [1.807, 2.05) is 6.92 Å². The summed E-state index contributed by atoms with van der Waals surface area (Å²) in [5.41, 5.74) is 5.37. The molecule has 6 heteroatoms. The number of hydrogen-bond acceptors (Lipinski definition) is 4. The summed E-state index contributed by atoms with van der Waals surface area (Å²) >= 11 is 0. The van der Waals surface area contributed by atoms with Crippen LogP contribution in [0.3, 0.4) is 0 Å². The second-order valence-corrected chi connectivity index (χ2v) is 3.40. The molecule has 0 saturated carbocycles. The molecule has 15 heavy (non-hydrogen) atoms. The number of nitrogens with two attached hydrogens (primary N) is 1. The number of aliphatic carboxylic acids is 1. The third-order valence-electron chi connectivity index (χ3n) is 1.87. The van der Waals surface area contributed by atoms with Crippen molar-refractivity contribution in [1.82, 2.24) is 5.32 Å². The van der Waals surface area contributed by atoms with Gasteiger partial charge in [0.25, 0.3) is 0 Å². The number of amides is 1. The number of carbonyl (C=O) groups excluding carboxylic acids is 1. The summed E-state index contributed by atoms with van der Waals surface area (Å²) < 4.78 is 4.84. The van der Waals surface area contributed by atoms with Gasteiger partial charge in [-0.2, -0.15) is 0 Å². The molecule has 0 aromatic heterocycles. The van der Waals surface area contributed by atoms with Crippen LogP contribution in [0.15, 0.2) is 0 Å². The van der Waals surface area contributed by atoms with Crippen molar-refractivity contribution in [1.29, 1.82) is 0 Å². The third kappa shape index (κ3) is 6.87. The molecule has 0 fully saturated rings. The fourth-order valence-corrected chi connectivity index (χ4v) is 0.998. The number of ether oxygens (including phenoxy) is 1. The summed E-state index contributed by atoms with van der Waals surface area (Å²) in [5.74, 6) is -1.52. The molecule has 6 nitrogen and oxygen atoms in total. The van der Waals surface area contributed by atoms with Crippen molar-refractivity contribution < 1.29 is 19.4 Å². The molecular formula is C9H18N2O4. The Kier molecular flexibility index (Phi) is 6.64. The Morgan fingerprint density at radius 3 is 2.60 bits per heavy atom.